The van der Waals surface area contributed by atoms with Crippen molar-refractivity contribution in [1.29, 1.82) is 0 Å². The summed E-state index contributed by atoms with van der Waals surface area (Å²) < 4.78 is 0. The molecule has 27 heavy (non-hydrogen) atoms. The van der Waals surface area contributed by atoms with Crippen molar-refractivity contribution in [3.8, 4) is 0 Å². The first-order valence-corrected chi connectivity index (χ1v) is 9.84. The third kappa shape index (κ3) is 3.69. The van der Waals surface area contributed by atoms with Gasteiger partial charge in [-0.3, -0.25) is 14.4 Å². The molecule has 2 amide bonds. The van der Waals surface area contributed by atoms with E-state index in [0.717, 1.165) is 25.3 Å². The van der Waals surface area contributed by atoms with E-state index in [4.69, 9.17) is 0 Å². The number of carbonyl (C=O) groups is 3. The van der Waals surface area contributed by atoms with Crippen LogP contribution in [0.4, 0.5) is 11.4 Å². The van der Waals surface area contributed by atoms with Crippen LogP contribution in [0.5, 0.6) is 0 Å². The van der Waals surface area contributed by atoms with Gasteiger partial charge < -0.3 is 20.9 Å². The highest BCUT2D eigenvalue weighted by Crippen LogP contribution is 2.26. The highest BCUT2D eigenvalue weighted by Gasteiger charge is 2.47. The number of benzene rings is 1. The molecule has 1 aromatic carbocycles. The van der Waals surface area contributed by atoms with Crippen LogP contribution >= 0.6 is 0 Å². The van der Waals surface area contributed by atoms with Gasteiger partial charge in [0.05, 0.1) is 6.04 Å². The quantitative estimate of drug-likeness (QED) is 0.688. The minimum Gasteiger partial charge on any atom is -0.372 e. The second-order valence-electron chi connectivity index (χ2n) is 7.63. The van der Waals surface area contributed by atoms with Crippen LogP contribution in [0.25, 0.3) is 0 Å². The third-order valence-electron chi connectivity index (χ3n) is 5.84. The fourth-order valence-electron chi connectivity index (χ4n) is 4.33. The Morgan fingerprint density at radius 3 is 2.56 bits per heavy atom. The summed E-state index contributed by atoms with van der Waals surface area (Å²) >= 11 is 0. The molecule has 0 aliphatic carbocycles. The lowest BCUT2D eigenvalue weighted by Gasteiger charge is -2.37. The van der Waals surface area contributed by atoms with Gasteiger partial charge in [-0.2, -0.15) is 0 Å². The van der Waals surface area contributed by atoms with E-state index < -0.39 is 17.7 Å². The number of Topliss-reactive ketones (excluding diaryl/α,β-unsaturated/α-hetero) is 1. The Hall–Kier alpha value is -2.41. The maximum Gasteiger partial charge on any atom is 0.244 e. The summed E-state index contributed by atoms with van der Waals surface area (Å²) in [5, 5.41) is 8.74. The molecular weight excluding hydrogens is 344 g/mol. The number of piperidine rings is 3. The molecule has 7 nitrogen and oxygen atoms in total. The van der Waals surface area contributed by atoms with Crippen LogP contribution in [0.1, 0.15) is 25.7 Å². The number of rotatable bonds is 3. The smallest absolute Gasteiger partial charge is 0.244 e. The molecular formula is C20H26N4O3. The van der Waals surface area contributed by atoms with E-state index in [-0.39, 0.29) is 17.7 Å². The van der Waals surface area contributed by atoms with Crippen molar-refractivity contribution >= 4 is 29.0 Å². The fourth-order valence-corrected chi connectivity index (χ4v) is 4.33. The Labute approximate surface area is 158 Å². The van der Waals surface area contributed by atoms with Gasteiger partial charge >= 0.3 is 0 Å². The van der Waals surface area contributed by atoms with E-state index in [2.05, 4.69) is 20.9 Å². The van der Waals surface area contributed by atoms with E-state index in [1.165, 1.54) is 19.3 Å². The lowest BCUT2D eigenvalue weighted by atomic mass is 9.78. The molecule has 144 valence electrons. The van der Waals surface area contributed by atoms with Crippen molar-refractivity contribution in [2.75, 3.05) is 36.4 Å². The highest BCUT2D eigenvalue weighted by molar-refractivity contribution is 6.23. The first-order chi connectivity index (χ1) is 13.1. The zero-order chi connectivity index (χ0) is 18.8. The molecule has 3 atom stereocenters. The Balaban J connectivity index is 1.42. The predicted molar refractivity (Wildman–Crippen MR) is 103 cm³/mol. The number of hydrogen-bond acceptors (Lipinski definition) is 5. The number of nitrogens with one attached hydrogen (secondary N) is 3. The van der Waals surface area contributed by atoms with Gasteiger partial charge in [-0.15, -0.1) is 0 Å². The van der Waals surface area contributed by atoms with E-state index in [1.807, 2.05) is 24.3 Å². The molecule has 7 heteroatoms. The summed E-state index contributed by atoms with van der Waals surface area (Å²) in [5.41, 5.74) is 1.74. The molecule has 3 aliphatic rings. The molecule has 0 spiro atoms. The topological polar surface area (TPSA) is 90.5 Å². The van der Waals surface area contributed by atoms with Crippen LogP contribution in [0, 0.1) is 11.8 Å². The molecule has 0 saturated carbocycles. The minimum atomic E-state index is -1.26. The van der Waals surface area contributed by atoms with Crippen LogP contribution < -0.4 is 20.9 Å². The Morgan fingerprint density at radius 2 is 1.81 bits per heavy atom. The summed E-state index contributed by atoms with van der Waals surface area (Å²) in [6.07, 6.45) is 4.34. The van der Waals surface area contributed by atoms with Crippen LogP contribution in [0.3, 0.4) is 0 Å². The molecule has 3 fully saturated rings. The monoisotopic (exact) mass is 370 g/mol. The number of anilines is 2. The maximum absolute atomic E-state index is 12.7. The highest BCUT2D eigenvalue weighted by atomic mass is 16.2. The van der Waals surface area contributed by atoms with Crippen molar-refractivity contribution in [1.82, 2.24) is 10.6 Å². The van der Waals surface area contributed by atoms with E-state index in [9.17, 15) is 14.4 Å². The summed E-state index contributed by atoms with van der Waals surface area (Å²) in [5.74, 6) is -2.83. The predicted octanol–water partition coefficient (Wildman–Crippen LogP) is 0.909. The van der Waals surface area contributed by atoms with Gasteiger partial charge in [0.1, 0.15) is 0 Å². The zero-order valence-corrected chi connectivity index (χ0v) is 15.4. The second kappa shape index (κ2) is 7.68. The van der Waals surface area contributed by atoms with Crippen LogP contribution in [-0.4, -0.2) is 49.8 Å². The number of nitrogens with zero attached hydrogens (tertiary/aromatic N) is 1. The average molecular weight is 370 g/mol. The summed E-state index contributed by atoms with van der Waals surface area (Å²) in [4.78, 5) is 40.0. The second-order valence-corrected chi connectivity index (χ2v) is 7.63. The minimum absolute atomic E-state index is 0.202. The third-order valence-corrected chi connectivity index (χ3v) is 5.84. The molecule has 3 aliphatic heterocycles. The van der Waals surface area contributed by atoms with E-state index >= 15 is 0 Å². The Morgan fingerprint density at radius 1 is 1.07 bits per heavy atom. The maximum atomic E-state index is 12.7. The number of ketones is 1. The zero-order valence-electron chi connectivity index (χ0n) is 15.4. The molecule has 4 rings (SSSR count). The molecule has 0 bridgehead atoms. The molecule has 1 aromatic rings. The summed E-state index contributed by atoms with van der Waals surface area (Å²) in [6.45, 7) is 3.42. The summed E-state index contributed by atoms with van der Waals surface area (Å²) in [7, 11) is 0. The molecule has 3 N–H and O–H groups in total. The SMILES string of the molecule is O=C(Nc1ccc(N2CCCCC2)cc1)C1C(=O)NC2CNCCC2C1=O. The fraction of sp³-hybridized carbons (Fsp3) is 0.550. The van der Waals surface area contributed by atoms with Gasteiger partial charge in [-0.25, -0.2) is 0 Å². The number of fused-ring (bicyclic) bond motifs is 1. The van der Waals surface area contributed by atoms with Gasteiger partial charge in [-0.05, 0) is 56.5 Å². The lowest BCUT2D eigenvalue weighted by Crippen LogP contribution is -2.63. The molecule has 3 heterocycles. The first-order valence-electron chi connectivity index (χ1n) is 9.84. The summed E-state index contributed by atoms with van der Waals surface area (Å²) in [6, 6.07) is 7.42. The Kier molecular flexibility index (Phi) is 5.11. The van der Waals surface area contributed by atoms with Crippen molar-refractivity contribution in [3.63, 3.8) is 0 Å². The van der Waals surface area contributed by atoms with Gasteiger partial charge in [0.25, 0.3) is 0 Å². The number of carbonyl (C=O) groups excluding carboxylic acids is 3. The van der Waals surface area contributed by atoms with Crippen molar-refractivity contribution < 1.29 is 14.4 Å². The van der Waals surface area contributed by atoms with Gasteiger partial charge in [0.2, 0.25) is 11.8 Å². The molecule has 0 radical (unpaired) electrons. The van der Waals surface area contributed by atoms with Gasteiger partial charge in [-0.1, -0.05) is 0 Å². The molecule has 3 saturated heterocycles. The van der Waals surface area contributed by atoms with E-state index in [0.29, 0.717) is 18.7 Å². The molecule has 3 unspecified atom stereocenters. The largest absolute Gasteiger partial charge is 0.372 e. The van der Waals surface area contributed by atoms with Crippen molar-refractivity contribution in [3.05, 3.63) is 24.3 Å². The van der Waals surface area contributed by atoms with Crippen LogP contribution in [0.15, 0.2) is 24.3 Å². The van der Waals surface area contributed by atoms with Crippen LogP contribution in [0.2, 0.25) is 0 Å². The molecule has 0 aromatic heterocycles. The number of hydrogen-bond donors (Lipinski definition) is 3. The number of amides is 2. The van der Waals surface area contributed by atoms with Crippen molar-refractivity contribution in [2.24, 2.45) is 11.8 Å². The Bertz CT molecular complexity index is 727. The standard InChI is InChI=1S/C20H26N4O3/c25-18-15-8-9-21-12-16(15)23-20(27)17(18)19(26)22-13-4-6-14(7-5-13)24-10-2-1-3-11-24/h4-7,15-17,21H,1-3,8-12H2,(H,22,26)(H,23,27). The van der Waals surface area contributed by atoms with Gasteiger partial charge in [0, 0.05) is 36.9 Å². The van der Waals surface area contributed by atoms with E-state index in [1.54, 1.807) is 0 Å². The van der Waals surface area contributed by atoms with Gasteiger partial charge in [0.15, 0.2) is 11.7 Å². The first kappa shape index (κ1) is 18.0. The normalized spacial score (nSPS) is 28.3. The van der Waals surface area contributed by atoms with Crippen molar-refractivity contribution in [2.45, 2.75) is 31.7 Å². The van der Waals surface area contributed by atoms with Crippen LogP contribution in [-0.2, 0) is 14.4 Å². The lowest BCUT2D eigenvalue weighted by molar-refractivity contribution is -0.146. The average Bonchev–Trinajstić information content (AvgIpc) is 2.69.